The lowest BCUT2D eigenvalue weighted by Crippen LogP contribution is -2.61. The first-order valence-electron chi connectivity index (χ1n) is 13.7. The quantitative estimate of drug-likeness (QED) is 0.0939. The number of esters is 4. The molecule has 0 aliphatic carbocycles. The maximum Gasteiger partial charge on any atom is 0.338 e. The molecule has 9 nitrogen and oxygen atoms in total. The Kier molecular flexibility index (Phi) is 10.4. The molecule has 0 radical (unpaired) electrons. The highest BCUT2D eigenvalue weighted by atomic mass is 127. The van der Waals surface area contributed by atoms with Gasteiger partial charge in [-0.3, -0.25) is 0 Å². The molecule has 0 spiro atoms. The zero-order chi connectivity index (χ0) is 30.9. The van der Waals surface area contributed by atoms with Gasteiger partial charge in [0.1, 0.15) is 16.8 Å². The Labute approximate surface area is 267 Å². The number of carbonyl (C=O) groups excluding carboxylic acids is 4. The van der Waals surface area contributed by atoms with Gasteiger partial charge < -0.3 is 23.7 Å². The second-order valence-corrected chi connectivity index (χ2v) is 10.9. The highest BCUT2D eigenvalue weighted by Gasteiger charge is 2.52. The summed E-state index contributed by atoms with van der Waals surface area (Å²) in [7, 11) is 0. The van der Waals surface area contributed by atoms with Gasteiger partial charge in [0.2, 0.25) is 0 Å². The van der Waals surface area contributed by atoms with Crippen LogP contribution < -0.4 is 0 Å². The molecule has 4 aromatic carbocycles. The fourth-order valence-corrected chi connectivity index (χ4v) is 5.45. The third-order valence-electron chi connectivity index (χ3n) is 6.72. The number of carbonyl (C=O) groups is 4. The number of rotatable bonds is 9. The van der Waals surface area contributed by atoms with E-state index in [9.17, 15) is 19.2 Å². The van der Waals surface area contributed by atoms with Gasteiger partial charge in [0.25, 0.3) is 0 Å². The number of ether oxygens (including phenoxy) is 5. The summed E-state index contributed by atoms with van der Waals surface area (Å²) in [6.07, 6.45) is -4.96. The highest BCUT2D eigenvalue weighted by Crippen LogP contribution is 2.33. The van der Waals surface area contributed by atoms with Gasteiger partial charge in [-0.1, -0.05) is 72.8 Å². The van der Waals surface area contributed by atoms with Crippen LogP contribution in [0.2, 0.25) is 0 Å². The van der Waals surface area contributed by atoms with E-state index in [4.69, 9.17) is 23.7 Å². The topological polar surface area (TPSA) is 114 Å². The maximum absolute atomic E-state index is 13.3. The van der Waals surface area contributed by atoms with E-state index in [1.807, 2.05) is 22.6 Å². The molecule has 1 aliphatic heterocycles. The molecule has 44 heavy (non-hydrogen) atoms. The Bertz CT molecular complexity index is 1570. The van der Waals surface area contributed by atoms with Crippen molar-refractivity contribution in [3.63, 3.8) is 0 Å². The Morgan fingerprint density at radius 1 is 0.500 bits per heavy atom. The lowest BCUT2D eigenvalue weighted by molar-refractivity contribution is -0.203. The molecule has 224 valence electrons. The van der Waals surface area contributed by atoms with Gasteiger partial charge in [-0.15, -0.1) is 0 Å². The summed E-state index contributed by atoms with van der Waals surface area (Å²) in [5.41, 5.74) is 1.04. The molecule has 0 N–H and O–H groups in total. The first-order chi connectivity index (χ1) is 21.4. The molecule has 1 saturated heterocycles. The van der Waals surface area contributed by atoms with Gasteiger partial charge in [-0.25, -0.2) is 19.2 Å². The molecule has 4 aromatic rings. The van der Waals surface area contributed by atoms with Gasteiger partial charge >= 0.3 is 23.9 Å². The molecule has 0 bridgehead atoms. The normalized spacial score (nSPS) is 21.0. The number of hydrogen-bond donors (Lipinski definition) is 0. The fraction of sp³-hybridized carbons (Fsp3) is 0.176. The molecule has 1 aliphatic rings. The lowest BCUT2D eigenvalue weighted by atomic mass is 9.99. The van der Waals surface area contributed by atoms with Crippen LogP contribution >= 0.6 is 22.6 Å². The molecule has 1 fully saturated rings. The summed E-state index contributed by atoms with van der Waals surface area (Å²) in [5.74, 6) is -2.78. The molecule has 5 unspecified atom stereocenters. The smallest absolute Gasteiger partial charge is 0.338 e. The molecule has 10 heteroatoms. The minimum atomic E-state index is -1.33. The van der Waals surface area contributed by atoms with Crippen molar-refractivity contribution in [1.82, 2.24) is 0 Å². The van der Waals surface area contributed by atoms with Crippen LogP contribution in [0.1, 0.15) is 41.4 Å². The number of benzene rings is 4. The monoisotopic (exact) mass is 706 g/mol. The van der Waals surface area contributed by atoms with Crippen LogP contribution in [0.15, 0.2) is 121 Å². The molecule has 5 atom stereocenters. The minimum Gasteiger partial charge on any atom is -0.459 e. The maximum atomic E-state index is 13.3. The van der Waals surface area contributed by atoms with E-state index in [0.29, 0.717) is 5.56 Å². The average molecular weight is 706 g/mol. The number of hydrogen-bond acceptors (Lipinski definition) is 9. The Balaban J connectivity index is 1.48. The standard InChI is InChI=1S/C34H27IO9/c35-30-29(44-34(39)25-19-11-4-12-20-25)28(43-33(38)24-17-9-3-10-18-24)27(42-32(37)23-15-7-2-8-16-23)26(41-30)21-40-31(36)22-13-5-1-6-14-22/h1-20,26-30H,21H2. The van der Waals surface area contributed by atoms with Gasteiger partial charge in [0.05, 0.1) is 22.3 Å². The van der Waals surface area contributed by atoms with Crippen LogP contribution in [0.5, 0.6) is 0 Å². The number of halogens is 1. The van der Waals surface area contributed by atoms with Crippen molar-refractivity contribution in [3.05, 3.63) is 144 Å². The Morgan fingerprint density at radius 3 is 1.25 bits per heavy atom. The lowest BCUT2D eigenvalue weighted by Gasteiger charge is -2.43. The summed E-state index contributed by atoms with van der Waals surface area (Å²) in [5, 5.41) is 0. The number of alkyl halides is 1. The molecule has 0 aromatic heterocycles. The van der Waals surface area contributed by atoms with Crippen LogP contribution in [-0.2, 0) is 23.7 Å². The minimum absolute atomic E-state index is 0.232. The molecule has 1 heterocycles. The van der Waals surface area contributed by atoms with Crippen molar-refractivity contribution in [1.29, 1.82) is 0 Å². The SMILES string of the molecule is O=C(OCC1OC(I)C(OC(=O)c2ccccc2)C(OC(=O)c2ccccc2)C1OC(=O)c1ccccc1)c1ccccc1. The summed E-state index contributed by atoms with van der Waals surface area (Å²) >= 11 is 1.92. The van der Waals surface area contributed by atoms with E-state index >= 15 is 0 Å². The zero-order valence-electron chi connectivity index (χ0n) is 23.2. The van der Waals surface area contributed by atoms with Crippen molar-refractivity contribution in [3.8, 4) is 0 Å². The van der Waals surface area contributed by atoms with Gasteiger partial charge in [0.15, 0.2) is 18.3 Å². The third kappa shape index (κ3) is 7.69. The van der Waals surface area contributed by atoms with Crippen molar-refractivity contribution >= 4 is 46.5 Å². The molecule has 0 saturated carbocycles. The van der Waals surface area contributed by atoms with Crippen molar-refractivity contribution in [2.45, 2.75) is 28.5 Å². The van der Waals surface area contributed by atoms with Crippen molar-refractivity contribution in [2.75, 3.05) is 6.61 Å². The molecular weight excluding hydrogens is 679 g/mol. The fourth-order valence-electron chi connectivity index (χ4n) is 4.51. The van der Waals surface area contributed by atoms with Crippen molar-refractivity contribution < 1.29 is 42.9 Å². The predicted octanol–water partition coefficient (Wildman–Crippen LogP) is 5.68. The predicted molar refractivity (Wildman–Crippen MR) is 166 cm³/mol. The van der Waals surface area contributed by atoms with E-state index in [0.717, 1.165) is 0 Å². The zero-order valence-corrected chi connectivity index (χ0v) is 25.4. The van der Waals surface area contributed by atoms with E-state index in [1.165, 1.54) is 0 Å². The van der Waals surface area contributed by atoms with Crippen LogP contribution in [0.25, 0.3) is 0 Å². The second-order valence-electron chi connectivity index (χ2n) is 9.70. The van der Waals surface area contributed by atoms with Crippen LogP contribution in [0.4, 0.5) is 0 Å². The average Bonchev–Trinajstić information content (AvgIpc) is 3.07. The van der Waals surface area contributed by atoms with E-state index < -0.39 is 52.4 Å². The Hall–Kier alpha value is -4.55. The summed E-state index contributed by atoms with van der Waals surface area (Å²) < 4.78 is 28.5. The molecule has 0 amide bonds. The van der Waals surface area contributed by atoms with E-state index in [1.54, 1.807) is 121 Å². The summed E-state index contributed by atoms with van der Waals surface area (Å²) in [6, 6.07) is 33.1. The van der Waals surface area contributed by atoms with E-state index in [2.05, 4.69) is 0 Å². The van der Waals surface area contributed by atoms with Gasteiger partial charge in [0, 0.05) is 0 Å². The molecule has 5 rings (SSSR count). The van der Waals surface area contributed by atoms with Gasteiger partial charge in [-0.2, -0.15) is 0 Å². The highest BCUT2D eigenvalue weighted by molar-refractivity contribution is 14.1. The Morgan fingerprint density at radius 2 is 0.841 bits per heavy atom. The summed E-state index contributed by atoms with van der Waals surface area (Å²) in [6.45, 7) is -0.349. The van der Waals surface area contributed by atoms with Gasteiger partial charge in [-0.05, 0) is 71.1 Å². The van der Waals surface area contributed by atoms with Crippen LogP contribution in [0, 0.1) is 0 Å². The van der Waals surface area contributed by atoms with Crippen LogP contribution in [-0.4, -0.2) is 59.0 Å². The third-order valence-corrected chi connectivity index (χ3v) is 7.73. The first-order valence-corrected chi connectivity index (χ1v) is 14.9. The van der Waals surface area contributed by atoms with Crippen LogP contribution in [0.3, 0.4) is 0 Å². The largest absolute Gasteiger partial charge is 0.459 e. The summed E-state index contributed by atoms with van der Waals surface area (Å²) in [4.78, 5) is 52.6. The van der Waals surface area contributed by atoms with Crippen molar-refractivity contribution in [2.24, 2.45) is 0 Å². The molecular formula is C34H27IO9. The van der Waals surface area contributed by atoms with E-state index in [-0.39, 0.29) is 23.3 Å². The first kappa shape index (κ1) is 30.9. The second kappa shape index (κ2) is 14.8.